The van der Waals surface area contributed by atoms with E-state index < -0.39 is 0 Å². The average Bonchev–Trinajstić information content (AvgIpc) is 3.52. The van der Waals surface area contributed by atoms with Gasteiger partial charge in [0.15, 0.2) is 0 Å². The molecule has 0 bridgehead atoms. The van der Waals surface area contributed by atoms with E-state index in [1.165, 1.54) is 147 Å². The molecule has 0 saturated carbocycles. The minimum atomic E-state index is 1.04. The van der Waals surface area contributed by atoms with Crippen molar-refractivity contribution in [2.45, 2.75) is 52.0 Å². The van der Waals surface area contributed by atoms with Crippen molar-refractivity contribution >= 4 is 86.4 Å². The highest BCUT2D eigenvalue weighted by Gasteiger charge is 2.18. The molecule has 11 aromatic rings. The molecule has 0 unspecified atom stereocenters. The molecule has 0 spiro atoms. The van der Waals surface area contributed by atoms with Gasteiger partial charge < -0.3 is 4.57 Å². The van der Waals surface area contributed by atoms with Crippen molar-refractivity contribution in [3.05, 3.63) is 146 Å². The summed E-state index contributed by atoms with van der Waals surface area (Å²) in [6.07, 6.45) is 7.78. The minimum Gasteiger partial charge on any atom is -0.340 e. The molecule has 0 amide bonds. The number of benzene rings is 10. The molecule has 1 heteroatoms. The van der Waals surface area contributed by atoms with E-state index in [4.69, 9.17) is 0 Å². The topological polar surface area (TPSA) is 4.93 Å². The third kappa shape index (κ3) is 4.70. The van der Waals surface area contributed by atoms with Crippen LogP contribution in [0.3, 0.4) is 0 Å². The Bertz CT molecular complexity index is 2920. The number of hydrogen-bond donors (Lipinski definition) is 0. The van der Waals surface area contributed by atoms with Gasteiger partial charge in [0.1, 0.15) is 0 Å². The van der Waals surface area contributed by atoms with Crippen LogP contribution in [-0.2, 0) is 6.54 Å². The second-order valence-electron chi connectivity index (χ2n) is 15.3. The van der Waals surface area contributed by atoms with Crippen LogP contribution in [0, 0.1) is 0 Å². The summed E-state index contributed by atoms with van der Waals surface area (Å²) in [4.78, 5) is 0. The van der Waals surface area contributed by atoms with Gasteiger partial charge in [-0.1, -0.05) is 160 Å². The van der Waals surface area contributed by atoms with Crippen LogP contribution < -0.4 is 0 Å². The van der Waals surface area contributed by atoms with Gasteiger partial charge in [0, 0.05) is 28.4 Å². The highest BCUT2D eigenvalue weighted by atomic mass is 15.0. The van der Waals surface area contributed by atoms with Crippen LogP contribution in [0.1, 0.15) is 45.4 Å². The molecule has 0 N–H and O–H groups in total. The van der Waals surface area contributed by atoms with Gasteiger partial charge in [-0.05, 0) is 118 Å². The highest BCUT2D eigenvalue weighted by Crippen LogP contribution is 2.43. The predicted molar refractivity (Wildman–Crippen MR) is 231 cm³/mol. The Balaban J connectivity index is 1.11. The second kappa shape index (κ2) is 12.1. The molecule has 11 rings (SSSR count). The minimum absolute atomic E-state index is 1.04. The average molecular weight is 680 g/mol. The van der Waals surface area contributed by atoms with Crippen molar-refractivity contribution < 1.29 is 0 Å². The summed E-state index contributed by atoms with van der Waals surface area (Å²) in [5.41, 5.74) is 7.84. The van der Waals surface area contributed by atoms with Crippen molar-refractivity contribution in [3.8, 4) is 22.3 Å². The zero-order chi connectivity index (χ0) is 35.0. The number of aromatic nitrogens is 1. The fraction of sp³-hybridized carbons (Fsp3) is 0.154. The van der Waals surface area contributed by atoms with Crippen LogP contribution in [-0.4, -0.2) is 4.57 Å². The van der Waals surface area contributed by atoms with Crippen molar-refractivity contribution in [1.82, 2.24) is 4.57 Å². The zero-order valence-electron chi connectivity index (χ0n) is 30.3. The van der Waals surface area contributed by atoms with Crippen molar-refractivity contribution in [1.29, 1.82) is 0 Å². The summed E-state index contributed by atoms with van der Waals surface area (Å²) in [6, 6.07) is 55.6. The van der Waals surface area contributed by atoms with Gasteiger partial charge in [0.2, 0.25) is 0 Å². The standard InChI is InChI=1S/C52H41N/c1-2-3-4-5-6-7-30-53-47-28-22-39(41-24-18-37-16-14-33-10-8-12-35-20-26-43(41)51(37)49(33)35)31-45(47)46-32-40(23-29-48(46)53)42-25-19-38-17-15-34-11-9-13-36-21-27-44(42)52(38)50(34)36/h8-29,31-32H,2-7,30H2,1H3. The molecule has 0 aliphatic heterocycles. The smallest absolute Gasteiger partial charge is 0.0491 e. The second-order valence-corrected chi connectivity index (χ2v) is 15.3. The van der Waals surface area contributed by atoms with E-state index in [2.05, 4.69) is 157 Å². The number of unbranched alkanes of at least 4 members (excludes halogenated alkanes) is 5. The largest absolute Gasteiger partial charge is 0.340 e. The maximum absolute atomic E-state index is 2.60. The molecule has 0 aliphatic carbocycles. The van der Waals surface area contributed by atoms with Gasteiger partial charge >= 0.3 is 0 Å². The number of nitrogens with zero attached hydrogens (tertiary/aromatic N) is 1. The molecule has 53 heavy (non-hydrogen) atoms. The maximum atomic E-state index is 2.60. The molecule has 0 saturated heterocycles. The SMILES string of the molecule is CCCCCCCCn1c2ccc(-c3ccc4ccc5cccc6ccc3c4c56)cc2c2cc(-c3ccc4ccc5cccc6ccc3c4c56)ccc21. The van der Waals surface area contributed by atoms with E-state index in [1.807, 2.05) is 0 Å². The van der Waals surface area contributed by atoms with E-state index in [-0.39, 0.29) is 0 Å². The van der Waals surface area contributed by atoms with E-state index in [1.54, 1.807) is 0 Å². The molecule has 1 heterocycles. The highest BCUT2D eigenvalue weighted by molar-refractivity contribution is 6.27. The molecular formula is C52H41N. The van der Waals surface area contributed by atoms with Gasteiger partial charge in [-0.3, -0.25) is 0 Å². The van der Waals surface area contributed by atoms with Crippen LogP contribution in [0.15, 0.2) is 146 Å². The third-order valence-electron chi connectivity index (χ3n) is 12.3. The monoisotopic (exact) mass is 679 g/mol. The number of aryl methyl sites for hydroxylation is 1. The van der Waals surface area contributed by atoms with E-state index >= 15 is 0 Å². The molecule has 0 radical (unpaired) electrons. The van der Waals surface area contributed by atoms with Crippen molar-refractivity contribution in [3.63, 3.8) is 0 Å². The summed E-state index contributed by atoms with van der Waals surface area (Å²) < 4.78 is 2.60. The Morgan fingerprint density at radius 2 is 0.774 bits per heavy atom. The number of fused-ring (bicyclic) bond motifs is 3. The van der Waals surface area contributed by atoms with Gasteiger partial charge in [0.25, 0.3) is 0 Å². The molecular weight excluding hydrogens is 639 g/mol. The Hall–Kier alpha value is -5.92. The lowest BCUT2D eigenvalue weighted by atomic mass is 9.89. The first-order valence-corrected chi connectivity index (χ1v) is 19.6. The lowest BCUT2D eigenvalue weighted by Gasteiger charge is -2.14. The first-order chi connectivity index (χ1) is 26.2. The Morgan fingerprint density at radius 1 is 0.358 bits per heavy atom. The Kier molecular flexibility index (Phi) is 6.99. The summed E-state index contributed by atoms with van der Waals surface area (Å²) in [5, 5.41) is 18.7. The summed E-state index contributed by atoms with van der Waals surface area (Å²) in [5.74, 6) is 0. The molecule has 1 aromatic heterocycles. The van der Waals surface area contributed by atoms with Crippen LogP contribution in [0.4, 0.5) is 0 Å². The van der Waals surface area contributed by atoms with Gasteiger partial charge in [-0.25, -0.2) is 0 Å². The van der Waals surface area contributed by atoms with Gasteiger partial charge in [-0.2, -0.15) is 0 Å². The van der Waals surface area contributed by atoms with E-state index in [0.717, 1.165) is 6.54 Å². The Morgan fingerprint density at radius 3 is 1.26 bits per heavy atom. The molecule has 10 aromatic carbocycles. The lowest BCUT2D eigenvalue weighted by molar-refractivity contribution is 0.571. The van der Waals surface area contributed by atoms with Crippen LogP contribution in [0.5, 0.6) is 0 Å². The first-order valence-electron chi connectivity index (χ1n) is 19.6. The molecule has 0 aliphatic rings. The van der Waals surface area contributed by atoms with Gasteiger partial charge in [0.05, 0.1) is 0 Å². The van der Waals surface area contributed by atoms with E-state index in [9.17, 15) is 0 Å². The summed E-state index contributed by atoms with van der Waals surface area (Å²) in [7, 11) is 0. The maximum Gasteiger partial charge on any atom is 0.0491 e. The lowest BCUT2D eigenvalue weighted by Crippen LogP contribution is -1.98. The number of rotatable bonds is 9. The van der Waals surface area contributed by atoms with Crippen molar-refractivity contribution in [2.75, 3.05) is 0 Å². The van der Waals surface area contributed by atoms with Crippen LogP contribution >= 0.6 is 0 Å². The first kappa shape index (κ1) is 30.7. The quantitative estimate of drug-likeness (QED) is 0.106. The normalized spacial score (nSPS) is 12.4. The van der Waals surface area contributed by atoms with Crippen LogP contribution in [0.2, 0.25) is 0 Å². The van der Waals surface area contributed by atoms with Gasteiger partial charge in [-0.15, -0.1) is 0 Å². The molecule has 0 atom stereocenters. The third-order valence-corrected chi connectivity index (χ3v) is 12.3. The molecule has 1 nitrogen and oxygen atoms in total. The zero-order valence-corrected chi connectivity index (χ0v) is 30.3. The van der Waals surface area contributed by atoms with Crippen LogP contribution in [0.25, 0.3) is 109 Å². The fourth-order valence-corrected chi connectivity index (χ4v) is 9.70. The van der Waals surface area contributed by atoms with E-state index in [0.29, 0.717) is 0 Å². The molecule has 0 fully saturated rings. The predicted octanol–water partition coefficient (Wildman–Crippen LogP) is 15.3. The fourth-order valence-electron chi connectivity index (χ4n) is 9.70. The van der Waals surface area contributed by atoms with Crippen molar-refractivity contribution in [2.24, 2.45) is 0 Å². The molecule has 254 valence electrons. The summed E-state index contributed by atoms with van der Waals surface area (Å²) in [6.45, 7) is 3.34. The number of hydrogen-bond acceptors (Lipinski definition) is 0. The summed E-state index contributed by atoms with van der Waals surface area (Å²) >= 11 is 0. The Labute approximate surface area is 309 Å².